The van der Waals surface area contributed by atoms with Gasteiger partial charge in [0.2, 0.25) is 0 Å². The lowest BCUT2D eigenvalue weighted by Gasteiger charge is -2.14. The fourth-order valence-electron chi connectivity index (χ4n) is 1.48. The van der Waals surface area contributed by atoms with E-state index in [9.17, 15) is 4.79 Å². The Hall–Kier alpha value is -2.09. The van der Waals surface area contributed by atoms with Crippen LogP contribution in [0.5, 0.6) is 0 Å². The number of aromatic nitrogens is 1. The Labute approximate surface area is 110 Å². The van der Waals surface area contributed by atoms with Crippen molar-refractivity contribution in [1.29, 1.82) is 0 Å². The molecule has 0 aromatic carbocycles. The summed E-state index contributed by atoms with van der Waals surface area (Å²) < 4.78 is 9.78. The molecule has 1 amide bonds. The molecular formula is C11H18N4O4. The number of oxime groups is 1. The molecule has 0 saturated carbocycles. The Morgan fingerprint density at radius 2 is 2.47 bits per heavy atom. The van der Waals surface area contributed by atoms with E-state index < -0.39 is 0 Å². The number of amidine groups is 1. The van der Waals surface area contributed by atoms with Crippen LogP contribution in [0.15, 0.2) is 15.7 Å². The molecule has 1 aromatic rings. The Morgan fingerprint density at radius 3 is 3.05 bits per heavy atom. The van der Waals surface area contributed by atoms with Crippen LogP contribution in [0.2, 0.25) is 0 Å². The molecule has 4 N–H and O–H groups in total. The number of hydrogen-bond acceptors (Lipinski definition) is 6. The Morgan fingerprint density at radius 1 is 1.74 bits per heavy atom. The number of hydrogen-bond donors (Lipinski definition) is 3. The van der Waals surface area contributed by atoms with Crippen molar-refractivity contribution in [2.45, 2.75) is 32.4 Å². The molecule has 8 heteroatoms. The summed E-state index contributed by atoms with van der Waals surface area (Å²) in [5.41, 5.74) is 5.58. The van der Waals surface area contributed by atoms with Crippen molar-refractivity contribution in [3.8, 4) is 0 Å². The van der Waals surface area contributed by atoms with E-state index in [1.807, 2.05) is 6.92 Å². The molecular weight excluding hydrogens is 252 g/mol. The zero-order valence-corrected chi connectivity index (χ0v) is 10.9. The van der Waals surface area contributed by atoms with Gasteiger partial charge in [-0.2, -0.15) is 0 Å². The normalized spacial score (nSPS) is 13.3. The first kappa shape index (κ1) is 15.0. The smallest absolute Gasteiger partial charge is 0.273 e. The van der Waals surface area contributed by atoms with Gasteiger partial charge in [-0.05, 0) is 6.42 Å². The number of amides is 1. The summed E-state index contributed by atoms with van der Waals surface area (Å²) in [4.78, 5) is 11.9. The van der Waals surface area contributed by atoms with Crippen LogP contribution in [0.4, 0.5) is 0 Å². The molecule has 0 saturated heterocycles. The Bertz CT molecular complexity index is 444. The monoisotopic (exact) mass is 270 g/mol. The zero-order valence-electron chi connectivity index (χ0n) is 10.9. The molecule has 1 heterocycles. The van der Waals surface area contributed by atoms with Crippen LogP contribution in [-0.4, -0.2) is 35.3 Å². The van der Waals surface area contributed by atoms with Gasteiger partial charge in [-0.25, -0.2) is 0 Å². The second-order valence-corrected chi connectivity index (χ2v) is 3.99. The van der Waals surface area contributed by atoms with E-state index in [0.29, 0.717) is 12.2 Å². The standard InChI is InChI=1S/C11H18N4O4/c1-3-7(4-10(12)14-17)13-11(16)9-5-8(6-18-2)19-15-9/h5,7,17H,3-4,6H2,1-2H3,(H2,12,14)(H,13,16). The van der Waals surface area contributed by atoms with Gasteiger partial charge in [-0.3, -0.25) is 4.79 Å². The summed E-state index contributed by atoms with van der Waals surface area (Å²) >= 11 is 0. The van der Waals surface area contributed by atoms with Gasteiger partial charge in [-0.1, -0.05) is 17.2 Å². The van der Waals surface area contributed by atoms with Crippen molar-refractivity contribution >= 4 is 11.7 Å². The minimum Gasteiger partial charge on any atom is -0.409 e. The summed E-state index contributed by atoms with van der Waals surface area (Å²) in [6, 6.07) is 1.28. The van der Waals surface area contributed by atoms with Crippen molar-refractivity contribution in [2.75, 3.05) is 7.11 Å². The van der Waals surface area contributed by atoms with E-state index in [4.69, 9.17) is 20.2 Å². The van der Waals surface area contributed by atoms with Gasteiger partial charge < -0.3 is 25.5 Å². The second-order valence-electron chi connectivity index (χ2n) is 3.99. The molecule has 0 aliphatic rings. The van der Waals surface area contributed by atoms with Crippen LogP contribution in [0.3, 0.4) is 0 Å². The van der Waals surface area contributed by atoms with E-state index in [-0.39, 0.29) is 36.5 Å². The molecule has 0 bridgehead atoms. The highest BCUT2D eigenvalue weighted by Gasteiger charge is 2.17. The van der Waals surface area contributed by atoms with Gasteiger partial charge in [0, 0.05) is 25.6 Å². The van der Waals surface area contributed by atoms with Crippen molar-refractivity contribution < 1.29 is 19.3 Å². The highest BCUT2D eigenvalue weighted by molar-refractivity contribution is 5.92. The number of carbonyl (C=O) groups excluding carboxylic acids is 1. The third-order valence-corrected chi connectivity index (χ3v) is 2.49. The van der Waals surface area contributed by atoms with Crippen LogP contribution in [0.25, 0.3) is 0 Å². The lowest BCUT2D eigenvalue weighted by atomic mass is 10.1. The van der Waals surface area contributed by atoms with Gasteiger partial charge >= 0.3 is 0 Å². The third-order valence-electron chi connectivity index (χ3n) is 2.49. The summed E-state index contributed by atoms with van der Waals surface area (Å²) in [5, 5.41) is 17.8. The molecule has 19 heavy (non-hydrogen) atoms. The molecule has 106 valence electrons. The highest BCUT2D eigenvalue weighted by atomic mass is 16.5. The maximum absolute atomic E-state index is 11.9. The number of carbonyl (C=O) groups is 1. The van der Waals surface area contributed by atoms with Gasteiger partial charge in [0.15, 0.2) is 11.5 Å². The molecule has 1 aromatic heterocycles. The Balaban J connectivity index is 2.60. The van der Waals surface area contributed by atoms with Crippen LogP contribution in [0.1, 0.15) is 36.0 Å². The first-order valence-electron chi connectivity index (χ1n) is 5.82. The molecule has 8 nitrogen and oxygen atoms in total. The topological polar surface area (TPSA) is 123 Å². The summed E-state index contributed by atoms with van der Waals surface area (Å²) in [5.74, 6) is 0.160. The largest absolute Gasteiger partial charge is 0.409 e. The average Bonchev–Trinajstić information content (AvgIpc) is 2.86. The molecule has 0 radical (unpaired) electrons. The lowest BCUT2D eigenvalue weighted by Crippen LogP contribution is -2.37. The molecule has 0 fully saturated rings. The second kappa shape index (κ2) is 7.37. The molecule has 0 aliphatic carbocycles. The number of ether oxygens (including phenoxy) is 1. The van der Waals surface area contributed by atoms with Gasteiger partial charge in [0.25, 0.3) is 5.91 Å². The van der Waals surface area contributed by atoms with Crippen LogP contribution < -0.4 is 11.1 Å². The number of nitrogens with one attached hydrogen (secondary N) is 1. The van der Waals surface area contributed by atoms with E-state index in [1.54, 1.807) is 0 Å². The maximum Gasteiger partial charge on any atom is 0.273 e. The molecule has 0 spiro atoms. The number of methoxy groups -OCH3 is 1. The zero-order chi connectivity index (χ0) is 14.3. The van der Waals surface area contributed by atoms with Crippen molar-refractivity contribution in [2.24, 2.45) is 10.9 Å². The van der Waals surface area contributed by atoms with E-state index in [2.05, 4.69) is 15.6 Å². The van der Waals surface area contributed by atoms with Crippen molar-refractivity contribution in [3.05, 3.63) is 17.5 Å². The summed E-state index contributed by atoms with van der Waals surface area (Å²) in [7, 11) is 1.52. The number of nitrogens with zero attached hydrogens (tertiary/aromatic N) is 2. The van der Waals surface area contributed by atoms with Crippen LogP contribution in [0, 0.1) is 0 Å². The van der Waals surface area contributed by atoms with Crippen LogP contribution >= 0.6 is 0 Å². The third kappa shape index (κ3) is 4.59. The van der Waals surface area contributed by atoms with E-state index in [1.165, 1.54) is 13.2 Å². The van der Waals surface area contributed by atoms with Crippen molar-refractivity contribution in [1.82, 2.24) is 10.5 Å². The predicted octanol–water partition coefficient (Wildman–Crippen LogP) is 0.466. The van der Waals surface area contributed by atoms with Crippen molar-refractivity contribution in [3.63, 3.8) is 0 Å². The summed E-state index contributed by atoms with van der Waals surface area (Å²) in [6.45, 7) is 2.14. The molecule has 0 aliphatic heterocycles. The number of nitrogens with two attached hydrogens (primary N) is 1. The Kier molecular flexibility index (Phi) is 5.80. The minimum atomic E-state index is -0.372. The first-order valence-corrected chi connectivity index (χ1v) is 5.82. The fraction of sp³-hybridized carbons (Fsp3) is 0.545. The van der Waals surface area contributed by atoms with Crippen LogP contribution in [-0.2, 0) is 11.3 Å². The number of rotatable bonds is 7. The first-order chi connectivity index (χ1) is 9.10. The highest BCUT2D eigenvalue weighted by Crippen LogP contribution is 2.06. The fourth-order valence-corrected chi connectivity index (χ4v) is 1.48. The molecule has 1 unspecified atom stereocenters. The minimum absolute atomic E-state index is 0.0624. The molecule has 1 rings (SSSR count). The quantitative estimate of drug-likeness (QED) is 0.286. The lowest BCUT2D eigenvalue weighted by molar-refractivity contribution is 0.0927. The van der Waals surface area contributed by atoms with E-state index >= 15 is 0 Å². The maximum atomic E-state index is 11.9. The van der Waals surface area contributed by atoms with Gasteiger partial charge in [0.1, 0.15) is 12.4 Å². The van der Waals surface area contributed by atoms with Gasteiger partial charge in [0.05, 0.1) is 0 Å². The van der Waals surface area contributed by atoms with E-state index in [0.717, 1.165) is 0 Å². The molecule has 1 atom stereocenters. The SMILES string of the molecule is CCC(CC(N)=NO)NC(=O)c1cc(COC)on1. The average molecular weight is 270 g/mol. The predicted molar refractivity (Wildman–Crippen MR) is 66.8 cm³/mol. The summed E-state index contributed by atoms with van der Waals surface area (Å²) in [6.07, 6.45) is 0.909. The van der Waals surface area contributed by atoms with Gasteiger partial charge in [-0.15, -0.1) is 0 Å².